The van der Waals surface area contributed by atoms with Crippen molar-refractivity contribution in [2.45, 2.75) is 32.0 Å². The minimum atomic E-state index is -4.60. The molecule has 4 rings (SSSR count). The number of amides is 1. The molecule has 1 saturated heterocycles. The predicted octanol–water partition coefficient (Wildman–Crippen LogP) is 3.92. The highest BCUT2D eigenvalue weighted by molar-refractivity contribution is 5.92. The number of nitrogens with one attached hydrogen (secondary N) is 1. The van der Waals surface area contributed by atoms with Crippen LogP contribution in [-0.2, 0) is 20.5 Å². The van der Waals surface area contributed by atoms with Crippen molar-refractivity contribution in [1.82, 2.24) is 10.2 Å². The molecule has 192 valence electrons. The van der Waals surface area contributed by atoms with Gasteiger partial charge in [0.05, 0.1) is 23.7 Å². The number of hydrogen-bond acceptors (Lipinski definition) is 5. The fourth-order valence-corrected chi connectivity index (χ4v) is 4.42. The van der Waals surface area contributed by atoms with Crippen molar-refractivity contribution in [3.63, 3.8) is 0 Å². The van der Waals surface area contributed by atoms with Gasteiger partial charge in [-0.25, -0.2) is 10.1 Å². The Morgan fingerprint density at radius 1 is 1.27 bits per heavy atom. The Hall–Kier alpha value is -4.33. The third-order valence-corrected chi connectivity index (χ3v) is 6.29. The van der Waals surface area contributed by atoms with Crippen LogP contribution in [0, 0.1) is 11.3 Å². The first kappa shape index (κ1) is 25.8. The summed E-state index contributed by atoms with van der Waals surface area (Å²) in [5.41, 5.74) is 0.205. The summed E-state index contributed by atoms with van der Waals surface area (Å²) >= 11 is 0. The van der Waals surface area contributed by atoms with Gasteiger partial charge in [0.15, 0.2) is 6.04 Å². The molecule has 8 nitrogen and oxygen atoms in total. The Balaban J connectivity index is 1.70. The quantitative estimate of drug-likeness (QED) is 0.448. The molecule has 2 aromatic carbocycles. The van der Waals surface area contributed by atoms with Gasteiger partial charge in [-0.05, 0) is 43.7 Å². The fourth-order valence-electron chi connectivity index (χ4n) is 4.42. The van der Waals surface area contributed by atoms with E-state index in [1.165, 1.54) is 19.1 Å². The number of carbonyl (C=O) groups excluding carboxylic acids is 2. The van der Waals surface area contributed by atoms with Crippen molar-refractivity contribution in [3.8, 4) is 6.07 Å². The Morgan fingerprint density at radius 3 is 2.62 bits per heavy atom. The molecular formula is C26H24F3N4O4+. The molecular weight excluding hydrogens is 489 g/mol. The maximum Gasteiger partial charge on any atom is 0.452 e. The molecule has 2 aromatic rings. The molecule has 1 atom stereocenters. The number of nitriles is 1. The van der Waals surface area contributed by atoms with Crippen LogP contribution in [0.2, 0.25) is 0 Å². The Morgan fingerprint density at radius 2 is 2.00 bits per heavy atom. The van der Waals surface area contributed by atoms with Crippen molar-refractivity contribution in [2.24, 2.45) is 0 Å². The van der Waals surface area contributed by atoms with Gasteiger partial charge in [-0.2, -0.15) is 23.0 Å². The molecule has 1 amide bonds. The number of carbonyl (C=O) groups is 2. The molecule has 11 heteroatoms. The average molecular weight is 513 g/mol. The molecule has 37 heavy (non-hydrogen) atoms. The summed E-state index contributed by atoms with van der Waals surface area (Å²) in [5, 5.41) is 22.7. The van der Waals surface area contributed by atoms with E-state index in [1.54, 1.807) is 29.2 Å². The Kier molecular flexibility index (Phi) is 7.20. The Bertz CT molecular complexity index is 1330. The third kappa shape index (κ3) is 5.43. The van der Waals surface area contributed by atoms with E-state index in [0.717, 1.165) is 23.1 Å². The van der Waals surface area contributed by atoms with Gasteiger partial charge in [0.25, 0.3) is 0 Å². The number of esters is 1. The number of ether oxygens (including phenoxy) is 1. The van der Waals surface area contributed by atoms with Crippen LogP contribution in [0.5, 0.6) is 0 Å². The molecule has 0 radical (unpaired) electrons. The highest BCUT2D eigenvalue weighted by atomic mass is 19.4. The van der Waals surface area contributed by atoms with Crippen molar-refractivity contribution < 1.29 is 37.2 Å². The number of halogens is 3. The van der Waals surface area contributed by atoms with E-state index in [0.29, 0.717) is 24.1 Å². The number of amidine groups is 1. The lowest BCUT2D eigenvalue weighted by Crippen LogP contribution is -2.42. The third-order valence-electron chi connectivity index (χ3n) is 6.29. The molecule has 2 aliphatic rings. The topological polar surface area (TPSA) is 106 Å². The number of benzene rings is 2. The van der Waals surface area contributed by atoms with Crippen molar-refractivity contribution in [2.75, 3.05) is 19.7 Å². The summed E-state index contributed by atoms with van der Waals surface area (Å²) in [7, 11) is 0. The van der Waals surface area contributed by atoms with Crippen LogP contribution in [-0.4, -0.2) is 52.2 Å². The Labute approximate surface area is 210 Å². The van der Waals surface area contributed by atoms with E-state index in [4.69, 9.17) is 10.00 Å². The standard InChI is InChI=1S/C26H23F3N4O4/c1-16-22(24(35)37-13-12-32-11-3-6-21(32)34)23(18-9-7-17(15-30)8-10-18)31-25(36)33(16)20-5-2-4-19(14-20)26(27,28)29/h2,4-5,7-10,14,23H,3,6,11-13H2,1H3,(H,31,36)/p+1. The van der Waals surface area contributed by atoms with Gasteiger partial charge in [-0.15, -0.1) is 0 Å². The number of likely N-dealkylation sites (tertiary alicyclic amines) is 1. The summed E-state index contributed by atoms with van der Waals surface area (Å²) in [6, 6.07) is 11.3. The lowest BCUT2D eigenvalue weighted by molar-refractivity contribution is -0.401. The largest absolute Gasteiger partial charge is 0.460 e. The van der Waals surface area contributed by atoms with E-state index in [9.17, 15) is 27.9 Å². The average Bonchev–Trinajstić information content (AvgIpc) is 3.27. The number of alkyl halides is 3. The molecule has 0 spiro atoms. The van der Waals surface area contributed by atoms with E-state index < -0.39 is 29.8 Å². The lowest BCUT2D eigenvalue weighted by atomic mass is 9.94. The highest BCUT2D eigenvalue weighted by Gasteiger charge is 2.40. The maximum atomic E-state index is 13.3. The number of nitrogens with zero attached hydrogens (tertiary/aromatic N) is 3. The minimum Gasteiger partial charge on any atom is -0.460 e. The minimum absolute atomic E-state index is 0.0106. The fraction of sp³-hybridized carbons (Fsp3) is 0.308. The van der Waals surface area contributed by atoms with E-state index in [2.05, 4.69) is 5.32 Å². The van der Waals surface area contributed by atoms with Crippen LogP contribution in [0.15, 0.2) is 59.8 Å². The van der Waals surface area contributed by atoms with Gasteiger partial charge in [0.1, 0.15) is 23.6 Å². The van der Waals surface area contributed by atoms with Crippen LogP contribution >= 0.6 is 0 Å². The molecule has 1 fully saturated rings. The van der Waals surface area contributed by atoms with Crippen LogP contribution in [0.1, 0.15) is 42.5 Å². The van der Waals surface area contributed by atoms with Gasteiger partial charge in [-0.3, -0.25) is 4.79 Å². The van der Waals surface area contributed by atoms with Crippen LogP contribution in [0.25, 0.3) is 0 Å². The summed E-state index contributed by atoms with van der Waals surface area (Å²) in [4.78, 5) is 26.8. The number of rotatable bonds is 6. The second-order valence-corrected chi connectivity index (χ2v) is 8.64. The normalized spacial score (nSPS) is 18.1. The lowest BCUT2D eigenvalue weighted by Gasteiger charge is -2.25. The zero-order chi connectivity index (χ0) is 26.7. The maximum absolute atomic E-state index is 13.3. The number of hydrogen-bond donors (Lipinski definition) is 2. The zero-order valence-electron chi connectivity index (χ0n) is 19.9. The molecule has 2 aliphatic heterocycles. The number of aliphatic hydroxyl groups is 1. The van der Waals surface area contributed by atoms with Gasteiger partial charge >= 0.3 is 18.2 Å². The van der Waals surface area contributed by atoms with E-state index in [-0.39, 0.29) is 36.0 Å². The van der Waals surface area contributed by atoms with Crippen molar-refractivity contribution in [1.29, 1.82) is 5.26 Å². The number of aliphatic hydroxyl groups excluding tert-OH is 1. The van der Waals surface area contributed by atoms with Crippen molar-refractivity contribution in [3.05, 3.63) is 76.5 Å². The van der Waals surface area contributed by atoms with E-state index in [1.807, 2.05) is 6.07 Å². The predicted molar refractivity (Wildman–Crippen MR) is 126 cm³/mol. The van der Waals surface area contributed by atoms with E-state index >= 15 is 0 Å². The summed E-state index contributed by atoms with van der Waals surface area (Å²) in [6.45, 7) is 2.23. The van der Waals surface area contributed by atoms with Gasteiger partial charge in [-0.1, -0.05) is 18.2 Å². The van der Waals surface area contributed by atoms with Gasteiger partial charge in [0.2, 0.25) is 5.91 Å². The van der Waals surface area contributed by atoms with Crippen molar-refractivity contribution >= 4 is 23.6 Å². The SMILES string of the molecule is CC1=C(C(=O)OCCN2CCCC2=O)C(c2ccc(C#N)cc2)NC(O)=[N+]1c1cccc(C(F)(F)F)c1. The summed E-state index contributed by atoms with van der Waals surface area (Å²) in [5.74, 6) is -0.771. The number of allylic oxidation sites excluding steroid dienone is 1. The molecule has 0 bridgehead atoms. The molecule has 0 aromatic heterocycles. The molecule has 2 heterocycles. The van der Waals surface area contributed by atoms with Gasteiger partial charge in [0, 0.05) is 18.5 Å². The first-order chi connectivity index (χ1) is 17.6. The molecule has 0 aliphatic carbocycles. The summed E-state index contributed by atoms with van der Waals surface area (Å²) in [6.07, 6.45) is -3.42. The molecule has 1 unspecified atom stereocenters. The second-order valence-electron chi connectivity index (χ2n) is 8.64. The van der Waals surface area contributed by atoms with Crippen LogP contribution < -0.4 is 5.32 Å². The highest BCUT2D eigenvalue weighted by Crippen LogP contribution is 2.35. The molecule has 0 saturated carbocycles. The zero-order valence-corrected chi connectivity index (χ0v) is 19.9. The summed E-state index contributed by atoms with van der Waals surface area (Å²) < 4.78 is 46.6. The first-order valence-electron chi connectivity index (χ1n) is 11.6. The molecule has 2 N–H and O–H groups in total. The monoisotopic (exact) mass is 513 g/mol. The second kappa shape index (κ2) is 10.3. The van der Waals surface area contributed by atoms with Crippen LogP contribution in [0.3, 0.4) is 0 Å². The van der Waals surface area contributed by atoms with Gasteiger partial charge < -0.3 is 14.7 Å². The first-order valence-corrected chi connectivity index (χ1v) is 11.6. The van der Waals surface area contributed by atoms with Crippen LogP contribution in [0.4, 0.5) is 18.9 Å². The smallest absolute Gasteiger partial charge is 0.452 e.